The summed E-state index contributed by atoms with van der Waals surface area (Å²) in [6.07, 6.45) is 5.96. The van der Waals surface area contributed by atoms with Gasteiger partial charge in [-0.2, -0.15) is 16.7 Å². The van der Waals surface area contributed by atoms with Crippen molar-refractivity contribution in [2.24, 2.45) is 0 Å². The van der Waals surface area contributed by atoms with Gasteiger partial charge >= 0.3 is 0 Å². The first-order valence-corrected chi connectivity index (χ1v) is 7.54. The van der Waals surface area contributed by atoms with Crippen molar-refractivity contribution in [3.8, 4) is 11.8 Å². The second kappa shape index (κ2) is 6.96. The molecule has 1 aliphatic rings. The van der Waals surface area contributed by atoms with E-state index in [0.29, 0.717) is 28.5 Å². The minimum atomic E-state index is -0.654. The average Bonchev–Trinajstić information content (AvgIpc) is 2.97. The maximum absolute atomic E-state index is 10.2. The lowest BCUT2D eigenvalue weighted by Gasteiger charge is -2.15. The minimum Gasteiger partial charge on any atom is -0.480 e. The van der Waals surface area contributed by atoms with Crippen molar-refractivity contribution in [1.82, 2.24) is 9.97 Å². The van der Waals surface area contributed by atoms with Crippen molar-refractivity contribution in [3.63, 3.8) is 0 Å². The predicted octanol–water partition coefficient (Wildman–Crippen LogP) is 2.20. The van der Waals surface area contributed by atoms with E-state index < -0.39 is 6.10 Å². The first-order chi connectivity index (χ1) is 9.24. The highest BCUT2D eigenvalue weighted by Gasteiger charge is 2.21. The number of ether oxygens (including phenoxy) is 2. The Morgan fingerprint density at radius 2 is 2.11 bits per heavy atom. The number of aliphatic hydroxyl groups is 1. The van der Waals surface area contributed by atoms with Gasteiger partial charge in [-0.1, -0.05) is 12.8 Å². The summed E-state index contributed by atoms with van der Waals surface area (Å²) in [6, 6.07) is 0. The molecule has 1 aromatic rings. The van der Waals surface area contributed by atoms with Crippen molar-refractivity contribution in [1.29, 1.82) is 0 Å². The minimum absolute atomic E-state index is 0.332. The first kappa shape index (κ1) is 14.4. The fraction of sp³-hybridized carbons (Fsp3) is 0.692. The molecular formula is C13H20N2O3S. The van der Waals surface area contributed by atoms with E-state index in [-0.39, 0.29) is 0 Å². The summed E-state index contributed by atoms with van der Waals surface area (Å²) >= 11 is 1.81. The molecule has 1 unspecified atom stereocenters. The van der Waals surface area contributed by atoms with Gasteiger partial charge in [-0.05, 0) is 12.8 Å². The summed E-state index contributed by atoms with van der Waals surface area (Å²) in [6.45, 7) is 0. The molecule has 0 amide bonds. The third-order valence-electron chi connectivity index (χ3n) is 3.26. The molecule has 1 heterocycles. The van der Waals surface area contributed by atoms with E-state index in [9.17, 15) is 5.11 Å². The Hall–Kier alpha value is -1.01. The molecule has 0 radical (unpaired) electrons. The highest BCUT2D eigenvalue weighted by molar-refractivity contribution is 7.99. The molecule has 1 N–H and O–H groups in total. The van der Waals surface area contributed by atoms with Gasteiger partial charge in [0.1, 0.15) is 11.8 Å². The van der Waals surface area contributed by atoms with Crippen molar-refractivity contribution in [3.05, 3.63) is 11.9 Å². The van der Waals surface area contributed by atoms with Crippen molar-refractivity contribution < 1.29 is 14.6 Å². The van der Waals surface area contributed by atoms with Crippen LogP contribution in [0.2, 0.25) is 0 Å². The molecular weight excluding hydrogens is 264 g/mol. The largest absolute Gasteiger partial charge is 0.480 e. The van der Waals surface area contributed by atoms with Crippen molar-refractivity contribution >= 4 is 11.8 Å². The SMILES string of the molecule is COc1cnc(C(O)CSC2CCCC2)c(OC)n1. The lowest BCUT2D eigenvalue weighted by molar-refractivity contribution is 0.191. The number of thioether (sulfide) groups is 1. The van der Waals surface area contributed by atoms with Crippen molar-refractivity contribution in [2.45, 2.75) is 37.0 Å². The van der Waals surface area contributed by atoms with Crippen LogP contribution in [0.5, 0.6) is 11.8 Å². The quantitative estimate of drug-likeness (QED) is 0.864. The van der Waals surface area contributed by atoms with Crippen LogP contribution in [0, 0.1) is 0 Å². The number of nitrogens with zero attached hydrogens (tertiary/aromatic N) is 2. The van der Waals surface area contributed by atoms with Crippen LogP contribution >= 0.6 is 11.8 Å². The van der Waals surface area contributed by atoms with Gasteiger partial charge in [0.25, 0.3) is 0 Å². The molecule has 1 aromatic heterocycles. The van der Waals surface area contributed by atoms with Crippen LogP contribution < -0.4 is 9.47 Å². The highest BCUT2D eigenvalue weighted by atomic mass is 32.2. The monoisotopic (exact) mass is 284 g/mol. The number of aliphatic hydroxyl groups excluding tert-OH is 1. The Labute approximate surface area is 117 Å². The van der Waals surface area contributed by atoms with Crippen LogP contribution in [0.4, 0.5) is 0 Å². The zero-order valence-corrected chi connectivity index (χ0v) is 12.2. The van der Waals surface area contributed by atoms with Gasteiger partial charge in [-0.3, -0.25) is 0 Å². The average molecular weight is 284 g/mol. The maximum Gasteiger partial charge on any atom is 0.241 e. The molecule has 0 aromatic carbocycles. The van der Waals surface area contributed by atoms with Gasteiger partial charge < -0.3 is 14.6 Å². The number of methoxy groups -OCH3 is 2. The Bertz CT molecular complexity index is 411. The molecule has 0 bridgehead atoms. The van der Waals surface area contributed by atoms with E-state index in [1.807, 2.05) is 11.8 Å². The summed E-state index contributed by atoms with van der Waals surface area (Å²) in [7, 11) is 3.04. The van der Waals surface area contributed by atoms with E-state index in [1.165, 1.54) is 46.1 Å². The molecule has 19 heavy (non-hydrogen) atoms. The topological polar surface area (TPSA) is 64.5 Å². The number of rotatable bonds is 6. The van der Waals surface area contributed by atoms with Crippen LogP contribution in [-0.4, -0.2) is 40.3 Å². The summed E-state index contributed by atoms with van der Waals surface area (Å²) in [4.78, 5) is 8.32. The van der Waals surface area contributed by atoms with E-state index in [2.05, 4.69) is 9.97 Å². The third kappa shape index (κ3) is 3.73. The molecule has 0 saturated heterocycles. The number of aromatic nitrogens is 2. The van der Waals surface area contributed by atoms with Crippen LogP contribution in [0.3, 0.4) is 0 Å². The van der Waals surface area contributed by atoms with E-state index in [1.54, 1.807) is 0 Å². The predicted molar refractivity (Wildman–Crippen MR) is 74.8 cm³/mol. The molecule has 1 aliphatic carbocycles. The van der Waals surface area contributed by atoms with Gasteiger partial charge in [-0.25, -0.2) is 4.98 Å². The van der Waals surface area contributed by atoms with E-state index in [0.717, 1.165) is 0 Å². The standard InChI is InChI=1S/C13H20N2O3S/c1-17-11-7-14-12(13(15-11)18-2)10(16)8-19-9-5-3-4-6-9/h7,9-10,16H,3-6,8H2,1-2H3. The molecule has 0 spiro atoms. The molecule has 1 atom stereocenters. The molecule has 0 aliphatic heterocycles. The second-order valence-corrected chi connectivity index (χ2v) is 5.90. The fourth-order valence-corrected chi connectivity index (χ4v) is 3.48. The number of hydrogen-bond acceptors (Lipinski definition) is 6. The Morgan fingerprint density at radius 3 is 2.74 bits per heavy atom. The Kier molecular flexibility index (Phi) is 5.27. The van der Waals surface area contributed by atoms with Crippen LogP contribution in [0.25, 0.3) is 0 Å². The third-order valence-corrected chi connectivity index (χ3v) is 4.71. The molecule has 1 saturated carbocycles. The van der Waals surface area contributed by atoms with Gasteiger partial charge in [0.05, 0.1) is 20.4 Å². The molecule has 106 valence electrons. The zero-order chi connectivity index (χ0) is 13.7. The van der Waals surface area contributed by atoms with Crippen LogP contribution in [0.15, 0.2) is 6.20 Å². The van der Waals surface area contributed by atoms with Gasteiger partial charge in [0.2, 0.25) is 11.8 Å². The lowest BCUT2D eigenvalue weighted by atomic mass is 10.3. The zero-order valence-electron chi connectivity index (χ0n) is 11.3. The Balaban J connectivity index is 1.98. The Morgan fingerprint density at radius 1 is 1.37 bits per heavy atom. The molecule has 1 fully saturated rings. The lowest BCUT2D eigenvalue weighted by Crippen LogP contribution is -2.10. The maximum atomic E-state index is 10.2. The second-order valence-electron chi connectivity index (χ2n) is 4.56. The molecule has 5 nitrogen and oxygen atoms in total. The highest BCUT2D eigenvalue weighted by Crippen LogP contribution is 2.33. The smallest absolute Gasteiger partial charge is 0.241 e. The summed E-state index contributed by atoms with van der Waals surface area (Å²) < 4.78 is 10.2. The van der Waals surface area contributed by atoms with E-state index in [4.69, 9.17) is 9.47 Å². The first-order valence-electron chi connectivity index (χ1n) is 6.49. The van der Waals surface area contributed by atoms with Gasteiger partial charge in [0, 0.05) is 11.0 Å². The van der Waals surface area contributed by atoms with Gasteiger partial charge in [0.15, 0.2) is 0 Å². The van der Waals surface area contributed by atoms with Gasteiger partial charge in [-0.15, -0.1) is 0 Å². The van der Waals surface area contributed by atoms with Crippen LogP contribution in [0.1, 0.15) is 37.5 Å². The summed E-state index contributed by atoms with van der Waals surface area (Å²) in [5.74, 6) is 1.34. The fourth-order valence-electron chi connectivity index (χ4n) is 2.20. The van der Waals surface area contributed by atoms with Crippen molar-refractivity contribution in [2.75, 3.05) is 20.0 Å². The molecule has 6 heteroatoms. The summed E-state index contributed by atoms with van der Waals surface area (Å²) in [5, 5.41) is 10.9. The number of hydrogen-bond donors (Lipinski definition) is 1. The summed E-state index contributed by atoms with van der Waals surface area (Å²) in [5.41, 5.74) is 0.480. The normalized spacial score (nSPS) is 17.4. The van der Waals surface area contributed by atoms with E-state index >= 15 is 0 Å². The molecule has 2 rings (SSSR count). The van der Waals surface area contributed by atoms with Crippen LogP contribution in [-0.2, 0) is 0 Å².